The van der Waals surface area contributed by atoms with Crippen molar-refractivity contribution in [3.05, 3.63) is 30.1 Å². The number of aryl methyl sites for hydroxylation is 1. The molecule has 20 heavy (non-hydrogen) atoms. The Hall–Kier alpha value is -1.35. The molecule has 0 aliphatic rings. The predicted molar refractivity (Wildman–Crippen MR) is 82.7 cm³/mol. The first-order valence-electron chi connectivity index (χ1n) is 7.43. The van der Waals surface area contributed by atoms with Gasteiger partial charge in [0.2, 0.25) is 0 Å². The maximum absolute atomic E-state index is 6.18. The lowest BCUT2D eigenvalue weighted by Crippen LogP contribution is -2.43. The monoisotopic (exact) mass is 275 g/mol. The molecule has 3 heteroatoms. The van der Waals surface area contributed by atoms with Crippen LogP contribution in [0.25, 0.3) is 11.0 Å². The van der Waals surface area contributed by atoms with Gasteiger partial charge in [-0.1, -0.05) is 12.1 Å². The summed E-state index contributed by atoms with van der Waals surface area (Å²) in [6.45, 7) is 12.9. The number of fused-ring (bicyclic) bond motifs is 1. The van der Waals surface area contributed by atoms with Gasteiger partial charge < -0.3 is 4.74 Å². The predicted octanol–water partition coefficient (Wildman–Crippen LogP) is 3.71. The van der Waals surface area contributed by atoms with Crippen LogP contribution in [0, 0.1) is 0 Å². The zero-order valence-corrected chi connectivity index (χ0v) is 13.8. The van der Waals surface area contributed by atoms with Crippen molar-refractivity contribution in [3.63, 3.8) is 0 Å². The summed E-state index contributed by atoms with van der Waals surface area (Å²) in [4.78, 5) is 0. The van der Waals surface area contributed by atoms with E-state index in [1.807, 2.05) is 0 Å². The second kappa shape index (κ2) is 5.21. The van der Waals surface area contributed by atoms with E-state index < -0.39 is 0 Å². The topological polar surface area (TPSA) is 18.0 Å². The summed E-state index contributed by atoms with van der Waals surface area (Å²) in [5.41, 5.74) is 2.18. The maximum Gasteiger partial charge on any atom is 0.289 e. The number of hydrogen-bond acceptors (Lipinski definition) is 1. The Kier molecular flexibility index (Phi) is 3.92. The average molecular weight is 275 g/mol. The molecule has 1 heterocycles. The zero-order chi connectivity index (χ0) is 15.1. The summed E-state index contributed by atoms with van der Waals surface area (Å²) in [7, 11) is 2.13. The Morgan fingerprint density at radius 2 is 1.70 bits per heavy atom. The number of rotatable bonds is 4. The number of para-hydroxylation sites is 2. The van der Waals surface area contributed by atoms with Crippen molar-refractivity contribution in [1.29, 1.82) is 0 Å². The van der Waals surface area contributed by atoms with Crippen LogP contribution in [-0.2, 0) is 17.4 Å². The van der Waals surface area contributed by atoms with Crippen molar-refractivity contribution in [2.24, 2.45) is 7.05 Å². The highest BCUT2D eigenvalue weighted by Crippen LogP contribution is 2.30. The van der Waals surface area contributed by atoms with Gasteiger partial charge in [-0.25, -0.2) is 9.13 Å². The van der Waals surface area contributed by atoms with Crippen LogP contribution < -0.4 is 4.57 Å². The van der Waals surface area contributed by atoms with E-state index in [4.69, 9.17) is 4.74 Å². The van der Waals surface area contributed by atoms with Crippen LogP contribution in [0.2, 0.25) is 0 Å². The van der Waals surface area contributed by atoms with Gasteiger partial charge in [-0.15, -0.1) is 0 Å². The van der Waals surface area contributed by atoms with Gasteiger partial charge in [0.05, 0.1) is 19.2 Å². The molecule has 2 rings (SSSR count). The Balaban J connectivity index is 2.74. The zero-order valence-electron chi connectivity index (χ0n) is 13.8. The minimum Gasteiger partial charge on any atom is -0.360 e. The van der Waals surface area contributed by atoms with E-state index in [0.29, 0.717) is 6.04 Å². The summed E-state index contributed by atoms with van der Waals surface area (Å²) in [6, 6.07) is 8.94. The number of benzene rings is 1. The highest BCUT2D eigenvalue weighted by molar-refractivity contribution is 5.72. The number of imidazole rings is 1. The SMILES string of the molecule is CC(C)OC(C)(C)c1n(C(C)C)c2ccccc2[n+]1C. The van der Waals surface area contributed by atoms with Crippen molar-refractivity contribution in [2.45, 2.75) is 59.3 Å². The number of hydrogen-bond donors (Lipinski definition) is 0. The smallest absolute Gasteiger partial charge is 0.289 e. The average Bonchev–Trinajstić information content (AvgIpc) is 2.62. The van der Waals surface area contributed by atoms with Gasteiger partial charge in [0.1, 0.15) is 0 Å². The normalized spacial score (nSPS) is 12.8. The van der Waals surface area contributed by atoms with Gasteiger partial charge in [0, 0.05) is 0 Å². The summed E-state index contributed by atoms with van der Waals surface area (Å²) in [5.74, 6) is 1.21. The fraction of sp³-hybridized carbons (Fsp3) is 0.588. The van der Waals surface area contributed by atoms with Gasteiger partial charge in [0.15, 0.2) is 16.6 Å². The molecule has 0 bridgehead atoms. The highest BCUT2D eigenvalue weighted by Gasteiger charge is 2.38. The van der Waals surface area contributed by atoms with Crippen molar-refractivity contribution in [3.8, 4) is 0 Å². The van der Waals surface area contributed by atoms with Crippen molar-refractivity contribution in [1.82, 2.24) is 4.57 Å². The fourth-order valence-corrected chi connectivity index (χ4v) is 3.20. The van der Waals surface area contributed by atoms with E-state index in [9.17, 15) is 0 Å². The Labute approximate surface area is 122 Å². The molecule has 0 spiro atoms. The summed E-state index contributed by atoms with van der Waals surface area (Å²) >= 11 is 0. The summed E-state index contributed by atoms with van der Waals surface area (Å²) in [5, 5.41) is 0. The van der Waals surface area contributed by atoms with E-state index in [0.717, 1.165) is 0 Å². The van der Waals surface area contributed by atoms with Crippen molar-refractivity contribution < 1.29 is 9.30 Å². The lowest BCUT2D eigenvalue weighted by Gasteiger charge is -2.26. The third-order valence-electron chi connectivity index (χ3n) is 3.63. The number of aromatic nitrogens is 2. The molecule has 1 aromatic heterocycles. The fourth-order valence-electron chi connectivity index (χ4n) is 3.20. The Bertz CT molecular complexity index is 609. The lowest BCUT2D eigenvalue weighted by molar-refractivity contribution is -0.662. The van der Waals surface area contributed by atoms with Crippen LogP contribution >= 0.6 is 0 Å². The van der Waals surface area contributed by atoms with Crippen LogP contribution in [0.5, 0.6) is 0 Å². The second-order valence-electron chi connectivity index (χ2n) is 6.51. The molecule has 0 amide bonds. The van der Waals surface area contributed by atoms with E-state index in [2.05, 4.69) is 82.0 Å². The van der Waals surface area contributed by atoms with Crippen LogP contribution in [0.15, 0.2) is 24.3 Å². The highest BCUT2D eigenvalue weighted by atomic mass is 16.5. The van der Waals surface area contributed by atoms with E-state index in [1.165, 1.54) is 16.9 Å². The molecule has 110 valence electrons. The van der Waals surface area contributed by atoms with Gasteiger partial charge >= 0.3 is 0 Å². The van der Waals surface area contributed by atoms with Crippen LogP contribution in [-0.4, -0.2) is 10.7 Å². The van der Waals surface area contributed by atoms with Crippen LogP contribution in [0.3, 0.4) is 0 Å². The molecule has 1 aromatic carbocycles. The van der Waals surface area contributed by atoms with Crippen LogP contribution in [0.4, 0.5) is 0 Å². The first-order chi connectivity index (χ1) is 9.25. The molecule has 0 saturated carbocycles. The van der Waals surface area contributed by atoms with E-state index in [1.54, 1.807) is 0 Å². The lowest BCUT2D eigenvalue weighted by atomic mass is 10.1. The number of ether oxygens (including phenoxy) is 1. The summed E-state index contributed by atoms with van der Waals surface area (Å²) in [6.07, 6.45) is 0.198. The third kappa shape index (κ3) is 2.47. The molecule has 0 aliphatic heterocycles. The molecule has 0 saturated heterocycles. The Morgan fingerprint density at radius 3 is 2.25 bits per heavy atom. The maximum atomic E-state index is 6.18. The molecule has 0 unspecified atom stereocenters. The van der Waals surface area contributed by atoms with Gasteiger partial charge in [-0.3, -0.25) is 0 Å². The van der Waals surface area contributed by atoms with Gasteiger partial charge in [0.25, 0.3) is 5.82 Å². The third-order valence-corrected chi connectivity index (χ3v) is 3.63. The van der Waals surface area contributed by atoms with E-state index in [-0.39, 0.29) is 11.7 Å². The molecule has 3 nitrogen and oxygen atoms in total. The minimum atomic E-state index is -0.327. The standard InChI is InChI=1S/C17H27N2O/c1-12(2)19-15-11-9-8-10-14(15)18(7)16(19)17(5,6)20-13(3)4/h8-13H,1-7H3/q+1. The molecule has 0 fully saturated rings. The van der Waals surface area contributed by atoms with E-state index >= 15 is 0 Å². The molecule has 2 aromatic rings. The number of nitrogens with zero attached hydrogens (tertiary/aromatic N) is 2. The molecule has 0 aliphatic carbocycles. The van der Waals surface area contributed by atoms with Gasteiger partial charge in [-0.05, 0) is 53.7 Å². The Morgan fingerprint density at radius 1 is 1.10 bits per heavy atom. The van der Waals surface area contributed by atoms with Gasteiger partial charge in [-0.2, -0.15) is 0 Å². The summed E-state index contributed by atoms with van der Waals surface area (Å²) < 4.78 is 10.8. The quantitative estimate of drug-likeness (QED) is 0.778. The largest absolute Gasteiger partial charge is 0.360 e. The first-order valence-corrected chi connectivity index (χ1v) is 7.43. The first kappa shape index (κ1) is 15.0. The molecular formula is C17H27N2O+. The molecular weight excluding hydrogens is 248 g/mol. The van der Waals surface area contributed by atoms with Crippen LogP contribution in [0.1, 0.15) is 53.4 Å². The van der Waals surface area contributed by atoms with Crippen molar-refractivity contribution >= 4 is 11.0 Å². The molecule has 0 N–H and O–H groups in total. The molecule has 0 atom stereocenters. The second-order valence-corrected chi connectivity index (χ2v) is 6.51. The molecule has 0 radical (unpaired) electrons. The van der Waals surface area contributed by atoms with Crippen molar-refractivity contribution in [2.75, 3.05) is 0 Å². The minimum absolute atomic E-state index is 0.198.